The zero-order valence-electron chi connectivity index (χ0n) is 19.4. The van der Waals surface area contributed by atoms with E-state index in [0.717, 1.165) is 0 Å². The molecule has 13 heteroatoms. The van der Waals surface area contributed by atoms with Gasteiger partial charge >= 0.3 is 11.9 Å². The van der Waals surface area contributed by atoms with Crippen LogP contribution in [0.3, 0.4) is 0 Å². The van der Waals surface area contributed by atoms with E-state index >= 15 is 0 Å². The Morgan fingerprint density at radius 3 is 1.91 bits per heavy atom. The van der Waals surface area contributed by atoms with Gasteiger partial charge in [-0.05, 0) is 44.1 Å². The number of aliphatic hydroxyl groups excluding tert-OH is 1. The van der Waals surface area contributed by atoms with E-state index in [1.54, 1.807) is 6.26 Å². The summed E-state index contributed by atoms with van der Waals surface area (Å²) in [7, 11) is 0. The van der Waals surface area contributed by atoms with Gasteiger partial charge in [-0.2, -0.15) is 11.8 Å². The van der Waals surface area contributed by atoms with Crippen molar-refractivity contribution < 1.29 is 39.3 Å². The van der Waals surface area contributed by atoms with Crippen molar-refractivity contribution >= 4 is 41.4 Å². The Bertz CT molecular complexity index is 689. The lowest BCUT2D eigenvalue weighted by Crippen LogP contribution is -2.59. The Morgan fingerprint density at radius 2 is 1.45 bits per heavy atom. The number of aliphatic carboxylic acids is 2. The zero-order chi connectivity index (χ0) is 25.7. The number of hydrogen-bond donors (Lipinski definition) is 7. The van der Waals surface area contributed by atoms with Gasteiger partial charge in [-0.1, -0.05) is 13.8 Å². The third kappa shape index (κ3) is 12.4. The molecule has 8 N–H and O–H groups in total. The third-order valence-electron chi connectivity index (χ3n) is 4.63. The molecule has 0 rings (SSSR count). The van der Waals surface area contributed by atoms with Crippen molar-refractivity contribution in [1.82, 2.24) is 16.0 Å². The number of carbonyl (C=O) groups excluding carboxylic acids is 3. The number of thioether (sulfide) groups is 1. The topological polar surface area (TPSA) is 208 Å². The molecule has 0 saturated heterocycles. The van der Waals surface area contributed by atoms with E-state index in [0.29, 0.717) is 5.75 Å². The van der Waals surface area contributed by atoms with Crippen LogP contribution < -0.4 is 21.7 Å². The van der Waals surface area contributed by atoms with Crippen LogP contribution in [-0.2, 0) is 24.0 Å². The number of carboxylic acids is 2. The van der Waals surface area contributed by atoms with Crippen LogP contribution in [0, 0.1) is 5.92 Å². The minimum Gasteiger partial charge on any atom is -0.481 e. The molecule has 0 saturated carbocycles. The van der Waals surface area contributed by atoms with E-state index in [2.05, 4.69) is 16.0 Å². The van der Waals surface area contributed by atoms with Gasteiger partial charge in [0.1, 0.15) is 18.1 Å². The first-order valence-corrected chi connectivity index (χ1v) is 12.0. The van der Waals surface area contributed by atoms with Crippen molar-refractivity contribution in [3.05, 3.63) is 0 Å². The van der Waals surface area contributed by atoms with Crippen molar-refractivity contribution in [2.45, 2.75) is 76.7 Å². The molecule has 0 heterocycles. The van der Waals surface area contributed by atoms with E-state index in [4.69, 9.17) is 10.8 Å². The number of hydrogen-bond acceptors (Lipinski definition) is 8. The van der Waals surface area contributed by atoms with Crippen LogP contribution in [0.15, 0.2) is 0 Å². The largest absolute Gasteiger partial charge is 0.481 e. The maximum absolute atomic E-state index is 12.8. The van der Waals surface area contributed by atoms with Crippen LogP contribution >= 0.6 is 11.8 Å². The average Bonchev–Trinajstić information content (AvgIpc) is 2.71. The Morgan fingerprint density at radius 1 is 0.879 bits per heavy atom. The maximum Gasteiger partial charge on any atom is 0.326 e. The van der Waals surface area contributed by atoms with Gasteiger partial charge in [-0.25, -0.2) is 4.79 Å². The highest BCUT2D eigenvalue weighted by Crippen LogP contribution is 2.08. The number of nitrogens with two attached hydrogens (primary N) is 1. The highest BCUT2D eigenvalue weighted by atomic mass is 32.2. The maximum atomic E-state index is 12.8. The molecule has 0 aliphatic heterocycles. The van der Waals surface area contributed by atoms with Gasteiger partial charge in [0.15, 0.2) is 0 Å². The average molecular weight is 493 g/mol. The first kappa shape index (κ1) is 30.6. The highest BCUT2D eigenvalue weighted by Gasteiger charge is 2.32. The molecule has 190 valence electrons. The quantitative estimate of drug-likeness (QED) is 0.138. The van der Waals surface area contributed by atoms with Crippen LogP contribution in [0.1, 0.15) is 46.5 Å². The van der Waals surface area contributed by atoms with E-state index in [1.165, 1.54) is 18.7 Å². The molecule has 0 aromatic carbocycles. The second-order valence-corrected chi connectivity index (χ2v) is 9.12. The van der Waals surface area contributed by atoms with Gasteiger partial charge in [-0.15, -0.1) is 0 Å². The van der Waals surface area contributed by atoms with Crippen LogP contribution in [0.4, 0.5) is 0 Å². The minimum atomic E-state index is -1.45. The predicted molar refractivity (Wildman–Crippen MR) is 122 cm³/mol. The molecule has 0 aliphatic rings. The first-order valence-electron chi connectivity index (χ1n) is 10.6. The Kier molecular flexibility index (Phi) is 14.3. The molecule has 33 heavy (non-hydrogen) atoms. The standard InChI is InChI=1S/C20H36N4O8S/c1-10(2)9-14(20(31)32)23-18(29)13(7-8-33-4)22-19(30)16(11(3)25)24-17(28)12(21)5-6-15(26)27/h10-14,16,25H,5-9,21H2,1-4H3,(H,22,30)(H,23,29)(H,24,28)(H,26,27)(H,31,32). The van der Waals surface area contributed by atoms with Gasteiger partial charge in [0, 0.05) is 6.42 Å². The number of rotatable bonds is 16. The number of aliphatic hydroxyl groups is 1. The second-order valence-electron chi connectivity index (χ2n) is 8.14. The van der Waals surface area contributed by atoms with Crippen molar-refractivity contribution in [1.29, 1.82) is 0 Å². The lowest BCUT2D eigenvalue weighted by atomic mass is 10.0. The van der Waals surface area contributed by atoms with Crippen molar-refractivity contribution in [3.8, 4) is 0 Å². The molecule has 12 nitrogen and oxygen atoms in total. The summed E-state index contributed by atoms with van der Waals surface area (Å²) >= 11 is 1.42. The molecule has 0 bridgehead atoms. The van der Waals surface area contributed by atoms with Gasteiger partial charge in [-0.3, -0.25) is 19.2 Å². The molecule has 0 fully saturated rings. The molecule has 5 unspecified atom stereocenters. The molecule has 5 atom stereocenters. The van der Waals surface area contributed by atoms with E-state index < -0.39 is 59.9 Å². The fraction of sp³-hybridized carbons (Fsp3) is 0.750. The molecular formula is C20H36N4O8S. The Hall–Kier alpha value is -2.38. The van der Waals surface area contributed by atoms with Crippen LogP contribution in [0.2, 0.25) is 0 Å². The number of carbonyl (C=O) groups is 5. The monoisotopic (exact) mass is 492 g/mol. The fourth-order valence-corrected chi connectivity index (χ4v) is 3.28. The summed E-state index contributed by atoms with van der Waals surface area (Å²) in [4.78, 5) is 59.8. The smallest absolute Gasteiger partial charge is 0.326 e. The van der Waals surface area contributed by atoms with Crippen LogP contribution in [-0.4, -0.2) is 87.3 Å². The van der Waals surface area contributed by atoms with Gasteiger partial charge in [0.2, 0.25) is 17.7 Å². The summed E-state index contributed by atoms with van der Waals surface area (Å²) in [6.07, 6.45) is 0.319. The molecule has 0 aromatic rings. The lowest BCUT2D eigenvalue weighted by molar-refractivity contribution is -0.143. The van der Waals surface area contributed by atoms with E-state index in [1.807, 2.05) is 13.8 Å². The number of amides is 3. The fourth-order valence-electron chi connectivity index (χ4n) is 2.81. The minimum absolute atomic E-state index is 0.00538. The third-order valence-corrected chi connectivity index (χ3v) is 5.28. The van der Waals surface area contributed by atoms with Crippen molar-refractivity contribution in [2.75, 3.05) is 12.0 Å². The SMILES string of the molecule is CSCCC(NC(=O)C(NC(=O)C(N)CCC(=O)O)C(C)O)C(=O)NC(CC(C)C)C(=O)O. The molecule has 0 aromatic heterocycles. The van der Waals surface area contributed by atoms with Crippen molar-refractivity contribution in [2.24, 2.45) is 11.7 Å². The predicted octanol–water partition coefficient (Wildman–Crippen LogP) is -1.10. The van der Waals surface area contributed by atoms with E-state index in [-0.39, 0.29) is 31.6 Å². The van der Waals surface area contributed by atoms with E-state index in [9.17, 15) is 34.2 Å². The summed E-state index contributed by atoms with van der Waals surface area (Å²) in [6, 6.07) is -4.90. The highest BCUT2D eigenvalue weighted by molar-refractivity contribution is 7.98. The molecule has 3 amide bonds. The van der Waals surface area contributed by atoms with Gasteiger partial charge < -0.3 is 37.0 Å². The summed E-state index contributed by atoms with van der Waals surface area (Å²) in [5.74, 6) is -4.23. The lowest BCUT2D eigenvalue weighted by Gasteiger charge is -2.26. The van der Waals surface area contributed by atoms with Crippen LogP contribution in [0.5, 0.6) is 0 Å². The number of nitrogens with one attached hydrogen (secondary N) is 3. The van der Waals surface area contributed by atoms with Crippen molar-refractivity contribution in [3.63, 3.8) is 0 Å². The first-order chi connectivity index (χ1) is 15.3. The summed E-state index contributed by atoms with van der Waals surface area (Å²) < 4.78 is 0. The normalized spacial score (nSPS) is 15.6. The zero-order valence-corrected chi connectivity index (χ0v) is 20.2. The second kappa shape index (κ2) is 15.5. The molecule has 0 aliphatic carbocycles. The summed E-state index contributed by atoms with van der Waals surface area (Å²) in [5, 5.41) is 35.2. The van der Waals surface area contributed by atoms with Crippen LogP contribution in [0.25, 0.3) is 0 Å². The molecule has 0 radical (unpaired) electrons. The summed E-state index contributed by atoms with van der Waals surface area (Å²) in [6.45, 7) is 4.88. The molecule has 0 spiro atoms. The number of carboxylic acid groups (broad SMARTS) is 2. The van der Waals surface area contributed by atoms with Gasteiger partial charge in [0.25, 0.3) is 0 Å². The Balaban J connectivity index is 5.35. The molecular weight excluding hydrogens is 456 g/mol. The van der Waals surface area contributed by atoms with Gasteiger partial charge in [0.05, 0.1) is 12.1 Å². The summed E-state index contributed by atoms with van der Waals surface area (Å²) in [5.41, 5.74) is 5.64. The Labute approximate surface area is 197 Å².